The van der Waals surface area contributed by atoms with Crippen LogP contribution in [0.2, 0.25) is 0 Å². The van der Waals surface area contributed by atoms with Gasteiger partial charge >= 0.3 is 5.97 Å². The van der Waals surface area contributed by atoms with E-state index in [1.807, 2.05) is 0 Å². The molecule has 0 spiro atoms. The van der Waals surface area contributed by atoms with Crippen molar-refractivity contribution in [2.45, 2.75) is 33.1 Å². The zero-order valence-electron chi connectivity index (χ0n) is 20.1. The van der Waals surface area contributed by atoms with Gasteiger partial charge in [-0.05, 0) is 86.2 Å². The molecule has 0 bridgehead atoms. The molecule has 188 valence electrons. The molecular formula is C27H27FN2O5S. The standard InChI is InChI=1S/C27H27FN2O5S/c1-3-34-27(33)24-21-13-4-16(2)14-22(21)36-26(24)30-23(31)15-35-20-11-5-17(6-12-20)25(32)29-19-9-7-18(28)8-10-19/h5-12,16H,3-4,13-15H2,1-2H3,(H,29,32)(H,30,31). The number of hydrogen-bond donors (Lipinski definition) is 2. The Bertz CT molecular complexity index is 1250. The Hall–Kier alpha value is -3.72. The van der Waals surface area contributed by atoms with E-state index >= 15 is 0 Å². The quantitative estimate of drug-likeness (QED) is 0.393. The molecule has 4 rings (SSSR count). The predicted molar refractivity (Wildman–Crippen MR) is 136 cm³/mol. The van der Waals surface area contributed by atoms with Crippen LogP contribution in [-0.2, 0) is 22.4 Å². The maximum atomic E-state index is 13.0. The van der Waals surface area contributed by atoms with Crippen molar-refractivity contribution in [3.05, 3.63) is 75.9 Å². The fraction of sp³-hybridized carbons (Fsp3) is 0.296. The first-order chi connectivity index (χ1) is 17.3. The predicted octanol–water partition coefficient (Wildman–Crippen LogP) is 5.46. The lowest BCUT2D eigenvalue weighted by atomic mass is 9.88. The Kier molecular flexibility index (Phi) is 8.00. The summed E-state index contributed by atoms with van der Waals surface area (Å²) in [6.07, 6.45) is 2.65. The van der Waals surface area contributed by atoms with Gasteiger partial charge in [0.15, 0.2) is 6.61 Å². The van der Waals surface area contributed by atoms with Crippen molar-refractivity contribution in [2.24, 2.45) is 5.92 Å². The van der Waals surface area contributed by atoms with Gasteiger partial charge in [0.25, 0.3) is 11.8 Å². The average molecular weight is 511 g/mol. The normalized spacial score (nSPS) is 14.5. The second-order valence-corrected chi connectivity index (χ2v) is 9.70. The third-order valence-corrected chi connectivity index (χ3v) is 7.00. The van der Waals surface area contributed by atoms with Crippen LogP contribution in [0.3, 0.4) is 0 Å². The van der Waals surface area contributed by atoms with Gasteiger partial charge < -0.3 is 20.1 Å². The summed E-state index contributed by atoms with van der Waals surface area (Å²) >= 11 is 1.42. The molecule has 0 fully saturated rings. The van der Waals surface area contributed by atoms with E-state index in [1.54, 1.807) is 31.2 Å². The number of esters is 1. The van der Waals surface area contributed by atoms with E-state index in [9.17, 15) is 18.8 Å². The molecule has 2 aromatic carbocycles. The van der Waals surface area contributed by atoms with Crippen LogP contribution in [-0.4, -0.2) is 31.0 Å². The summed E-state index contributed by atoms with van der Waals surface area (Å²) in [5.41, 5.74) is 2.29. The van der Waals surface area contributed by atoms with Crippen LogP contribution in [0.25, 0.3) is 0 Å². The van der Waals surface area contributed by atoms with Crippen molar-refractivity contribution >= 4 is 39.8 Å². The van der Waals surface area contributed by atoms with Crippen molar-refractivity contribution in [1.82, 2.24) is 0 Å². The van der Waals surface area contributed by atoms with Gasteiger partial charge in [-0.15, -0.1) is 11.3 Å². The number of carbonyl (C=O) groups is 3. The van der Waals surface area contributed by atoms with Crippen LogP contribution < -0.4 is 15.4 Å². The molecule has 3 aromatic rings. The van der Waals surface area contributed by atoms with Gasteiger partial charge in [-0.1, -0.05) is 6.92 Å². The van der Waals surface area contributed by atoms with Crippen molar-refractivity contribution in [3.63, 3.8) is 0 Å². The number of rotatable bonds is 8. The number of amides is 2. The SMILES string of the molecule is CCOC(=O)c1c(NC(=O)COc2ccc(C(=O)Nc3ccc(F)cc3)cc2)sc2c1CCC(C)C2. The molecule has 1 unspecified atom stereocenters. The van der Waals surface area contributed by atoms with E-state index in [0.717, 1.165) is 29.7 Å². The van der Waals surface area contributed by atoms with Crippen LogP contribution in [0.5, 0.6) is 5.75 Å². The van der Waals surface area contributed by atoms with E-state index in [1.165, 1.54) is 35.6 Å². The molecule has 7 nitrogen and oxygen atoms in total. The second kappa shape index (κ2) is 11.3. The summed E-state index contributed by atoms with van der Waals surface area (Å²) in [4.78, 5) is 38.7. The average Bonchev–Trinajstić information content (AvgIpc) is 3.21. The lowest BCUT2D eigenvalue weighted by Gasteiger charge is -2.18. The van der Waals surface area contributed by atoms with Gasteiger partial charge in [0.1, 0.15) is 16.6 Å². The second-order valence-electron chi connectivity index (χ2n) is 8.60. The van der Waals surface area contributed by atoms with Gasteiger partial charge in [-0.25, -0.2) is 9.18 Å². The van der Waals surface area contributed by atoms with Crippen LogP contribution in [0, 0.1) is 11.7 Å². The number of benzene rings is 2. The Morgan fingerprint density at radius 2 is 1.78 bits per heavy atom. The highest BCUT2D eigenvalue weighted by Crippen LogP contribution is 2.40. The molecule has 36 heavy (non-hydrogen) atoms. The summed E-state index contributed by atoms with van der Waals surface area (Å²) in [7, 11) is 0. The number of thiophene rings is 1. The molecule has 1 atom stereocenters. The fourth-order valence-corrected chi connectivity index (χ4v) is 5.42. The van der Waals surface area contributed by atoms with E-state index in [-0.39, 0.29) is 24.9 Å². The number of carbonyl (C=O) groups excluding carboxylic acids is 3. The van der Waals surface area contributed by atoms with Crippen LogP contribution in [0.1, 0.15) is 51.4 Å². The molecule has 1 aliphatic carbocycles. The molecule has 2 amide bonds. The number of hydrogen-bond acceptors (Lipinski definition) is 6. The van der Waals surface area contributed by atoms with Gasteiger partial charge in [0.05, 0.1) is 12.2 Å². The lowest BCUT2D eigenvalue weighted by molar-refractivity contribution is -0.118. The Morgan fingerprint density at radius 3 is 2.47 bits per heavy atom. The maximum absolute atomic E-state index is 13.0. The summed E-state index contributed by atoms with van der Waals surface area (Å²) in [6.45, 7) is 3.93. The fourth-order valence-electron chi connectivity index (χ4n) is 4.01. The molecule has 1 heterocycles. The van der Waals surface area contributed by atoms with E-state index in [0.29, 0.717) is 33.5 Å². The minimum atomic E-state index is -0.421. The van der Waals surface area contributed by atoms with Crippen LogP contribution in [0.4, 0.5) is 15.1 Å². The van der Waals surface area contributed by atoms with Gasteiger partial charge in [-0.2, -0.15) is 0 Å². The summed E-state index contributed by atoms with van der Waals surface area (Å²) < 4.78 is 23.8. The zero-order valence-corrected chi connectivity index (χ0v) is 20.9. The molecule has 0 saturated carbocycles. The van der Waals surface area contributed by atoms with Crippen molar-refractivity contribution < 1.29 is 28.2 Å². The first-order valence-corrected chi connectivity index (χ1v) is 12.6. The van der Waals surface area contributed by atoms with E-state index in [2.05, 4.69) is 17.6 Å². The minimum Gasteiger partial charge on any atom is -0.484 e. The largest absolute Gasteiger partial charge is 0.484 e. The van der Waals surface area contributed by atoms with Gasteiger partial charge in [0.2, 0.25) is 0 Å². The first kappa shape index (κ1) is 25.4. The topological polar surface area (TPSA) is 93.7 Å². The number of halogens is 1. The number of nitrogens with one attached hydrogen (secondary N) is 2. The molecule has 2 N–H and O–H groups in total. The minimum absolute atomic E-state index is 0.258. The summed E-state index contributed by atoms with van der Waals surface area (Å²) in [6, 6.07) is 11.8. The molecule has 1 aliphatic rings. The van der Waals surface area contributed by atoms with Crippen molar-refractivity contribution in [1.29, 1.82) is 0 Å². The monoisotopic (exact) mass is 510 g/mol. The van der Waals surface area contributed by atoms with Crippen LogP contribution in [0.15, 0.2) is 48.5 Å². The third kappa shape index (κ3) is 6.09. The number of fused-ring (bicyclic) bond motifs is 1. The summed E-state index contributed by atoms with van der Waals surface area (Å²) in [5.74, 6) is -0.620. The summed E-state index contributed by atoms with van der Waals surface area (Å²) in [5, 5.41) is 5.99. The molecular weight excluding hydrogens is 483 g/mol. The van der Waals surface area contributed by atoms with E-state index in [4.69, 9.17) is 9.47 Å². The smallest absolute Gasteiger partial charge is 0.341 e. The number of anilines is 2. The third-order valence-electron chi connectivity index (χ3n) is 5.83. The Labute approximate surface area is 212 Å². The first-order valence-electron chi connectivity index (χ1n) is 11.7. The zero-order chi connectivity index (χ0) is 25.7. The Morgan fingerprint density at radius 1 is 1.06 bits per heavy atom. The van der Waals surface area contributed by atoms with Crippen molar-refractivity contribution in [2.75, 3.05) is 23.8 Å². The molecule has 0 radical (unpaired) electrons. The molecule has 0 aliphatic heterocycles. The molecule has 9 heteroatoms. The molecule has 0 saturated heterocycles. The number of ether oxygens (including phenoxy) is 2. The molecule has 1 aromatic heterocycles. The van der Waals surface area contributed by atoms with Gasteiger partial charge in [0, 0.05) is 16.1 Å². The van der Waals surface area contributed by atoms with Crippen molar-refractivity contribution in [3.8, 4) is 5.75 Å². The maximum Gasteiger partial charge on any atom is 0.341 e. The lowest BCUT2D eigenvalue weighted by Crippen LogP contribution is -2.21. The Balaban J connectivity index is 1.36. The van der Waals surface area contributed by atoms with Gasteiger partial charge in [-0.3, -0.25) is 9.59 Å². The highest BCUT2D eigenvalue weighted by atomic mass is 32.1. The van der Waals surface area contributed by atoms with E-state index < -0.39 is 11.9 Å². The highest BCUT2D eigenvalue weighted by Gasteiger charge is 2.29. The van der Waals surface area contributed by atoms with Crippen LogP contribution >= 0.6 is 11.3 Å². The highest BCUT2D eigenvalue weighted by molar-refractivity contribution is 7.17.